The number of carbonyl (C=O) groups excluding carboxylic acids is 1. The van der Waals surface area contributed by atoms with Crippen LogP contribution in [0.2, 0.25) is 0 Å². The SMILES string of the molecule is Nc1ncc(CCc2ccccc2)cc1C(=O)c1cccc(N2CCCNCC2)n1. The predicted octanol–water partition coefficient (Wildman–Crippen LogP) is 2.87. The van der Waals surface area contributed by atoms with Gasteiger partial charge in [0.25, 0.3) is 0 Å². The van der Waals surface area contributed by atoms with Crippen LogP contribution in [0.25, 0.3) is 0 Å². The average Bonchev–Trinajstić information content (AvgIpc) is 3.08. The molecule has 1 aliphatic heterocycles. The third-order valence-electron chi connectivity index (χ3n) is 5.40. The molecule has 0 aliphatic carbocycles. The number of aryl methyl sites for hydroxylation is 2. The lowest BCUT2D eigenvalue weighted by molar-refractivity contribution is 0.103. The van der Waals surface area contributed by atoms with Crippen molar-refractivity contribution in [3.8, 4) is 0 Å². The van der Waals surface area contributed by atoms with E-state index in [1.165, 1.54) is 5.56 Å². The van der Waals surface area contributed by atoms with Crippen molar-refractivity contribution in [2.24, 2.45) is 0 Å². The number of hydrogen-bond donors (Lipinski definition) is 2. The van der Waals surface area contributed by atoms with Crippen molar-refractivity contribution >= 4 is 17.4 Å². The topological polar surface area (TPSA) is 84.1 Å². The van der Waals surface area contributed by atoms with Crippen molar-refractivity contribution in [3.63, 3.8) is 0 Å². The molecule has 0 bridgehead atoms. The minimum Gasteiger partial charge on any atom is -0.383 e. The molecule has 1 saturated heterocycles. The number of benzene rings is 1. The van der Waals surface area contributed by atoms with E-state index in [1.54, 1.807) is 12.3 Å². The normalized spacial score (nSPS) is 14.3. The maximum Gasteiger partial charge on any atom is 0.215 e. The summed E-state index contributed by atoms with van der Waals surface area (Å²) in [6.45, 7) is 3.73. The molecule has 1 fully saturated rings. The molecule has 0 atom stereocenters. The molecule has 0 radical (unpaired) electrons. The van der Waals surface area contributed by atoms with E-state index in [2.05, 4.69) is 32.3 Å². The van der Waals surface area contributed by atoms with Crippen LogP contribution in [-0.4, -0.2) is 41.9 Å². The van der Waals surface area contributed by atoms with Gasteiger partial charge in [-0.2, -0.15) is 0 Å². The predicted molar refractivity (Wildman–Crippen MR) is 120 cm³/mol. The van der Waals surface area contributed by atoms with E-state index in [0.29, 0.717) is 11.3 Å². The van der Waals surface area contributed by atoms with Crippen LogP contribution in [-0.2, 0) is 12.8 Å². The Morgan fingerprint density at radius 3 is 2.70 bits per heavy atom. The number of anilines is 2. The van der Waals surface area contributed by atoms with Gasteiger partial charge >= 0.3 is 0 Å². The van der Waals surface area contributed by atoms with E-state index < -0.39 is 0 Å². The molecule has 1 aromatic carbocycles. The molecular formula is C24H27N5O. The summed E-state index contributed by atoms with van der Waals surface area (Å²) in [5.41, 5.74) is 9.12. The third-order valence-corrected chi connectivity index (χ3v) is 5.40. The van der Waals surface area contributed by atoms with E-state index in [4.69, 9.17) is 5.73 Å². The van der Waals surface area contributed by atoms with E-state index in [0.717, 1.165) is 56.8 Å². The number of nitrogens with zero attached hydrogens (tertiary/aromatic N) is 3. The van der Waals surface area contributed by atoms with Gasteiger partial charge in [0.15, 0.2) is 0 Å². The molecule has 0 saturated carbocycles. The van der Waals surface area contributed by atoms with Gasteiger partial charge in [0.2, 0.25) is 5.78 Å². The first-order valence-corrected chi connectivity index (χ1v) is 10.5. The van der Waals surface area contributed by atoms with Crippen molar-refractivity contribution in [1.29, 1.82) is 0 Å². The van der Waals surface area contributed by atoms with Crippen LogP contribution in [0.3, 0.4) is 0 Å². The van der Waals surface area contributed by atoms with E-state index in [1.807, 2.05) is 36.4 Å². The fourth-order valence-electron chi connectivity index (χ4n) is 3.71. The number of carbonyl (C=O) groups is 1. The highest BCUT2D eigenvalue weighted by atomic mass is 16.1. The molecule has 0 amide bonds. The second-order valence-corrected chi connectivity index (χ2v) is 7.56. The lowest BCUT2D eigenvalue weighted by atomic mass is 10.0. The van der Waals surface area contributed by atoms with Gasteiger partial charge < -0.3 is 16.0 Å². The largest absolute Gasteiger partial charge is 0.383 e. The average molecular weight is 402 g/mol. The van der Waals surface area contributed by atoms with Crippen LogP contribution in [0.4, 0.5) is 11.6 Å². The zero-order valence-corrected chi connectivity index (χ0v) is 17.1. The summed E-state index contributed by atoms with van der Waals surface area (Å²) in [4.78, 5) is 24.3. The van der Waals surface area contributed by atoms with Crippen molar-refractivity contribution < 1.29 is 4.79 Å². The first-order chi connectivity index (χ1) is 14.7. The fraction of sp³-hybridized carbons (Fsp3) is 0.292. The maximum atomic E-state index is 13.2. The Hall–Kier alpha value is -3.25. The summed E-state index contributed by atoms with van der Waals surface area (Å²) in [6, 6.07) is 17.7. The van der Waals surface area contributed by atoms with Crippen molar-refractivity contribution in [2.75, 3.05) is 36.8 Å². The van der Waals surface area contributed by atoms with Gasteiger partial charge in [-0.05, 0) is 55.1 Å². The van der Waals surface area contributed by atoms with Crippen LogP contribution in [0.15, 0.2) is 60.8 Å². The number of aromatic nitrogens is 2. The molecule has 4 rings (SSSR count). The summed E-state index contributed by atoms with van der Waals surface area (Å²) < 4.78 is 0. The molecule has 3 N–H and O–H groups in total. The molecule has 3 aromatic rings. The van der Waals surface area contributed by atoms with Gasteiger partial charge in [-0.15, -0.1) is 0 Å². The molecule has 6 heteroatoms. The molecule has 30 heavy (non-hydrogen) atoms. The fourth-order valence-corrected chi connectivity index (χ4v) is 3.71. The zero-order valence-electron chi connectivity index (χ0n) is 17.1. The molecule has 154 valence electrons. The number of nitrogen functional groups attached to an aromatic ring is 1. The number of hydrogen-bond acceptors (Lipinski definition) is 6. The Morgan fingerprint density at radius 2 is 1.83 bits per heavy atom. The zero-order chi connectivity index (χ0) is 20.8. The summed E-state index contributed by atoms with van der Waals surface area (Å²) in [6.07, 6.45) is 4.49. The monoisotopic (exact) mass is 401 g/mol. The summed E-state index contributed by atoms with van der Waals surface area (Å²) in [5.74, 6) is 0.891. The minimum atomic E-state index is -0.184. The maximum absolute atomic E-state index is 13.2. The van der Waals surface area contributed by atoms with Crippen LogP contribution in [0.5, 0.6) is 0 Å². The number of rotatable bonds is 6. The standard InChI is InChI=1S/C24H27N5O/c25-24-20(16-19(17-27-24)11-10-18-6-2-1-3-7-18)23(30)21-8-4-9-22(28-21)29-14-5-12-26-13-15-29/h1-4,6-9,16-17,26H,5,10-15H2,(H2,25,27). The lowest BCUT2D eigenvalue weighted by Gasteiger charge is -2.21. The Balaban J connectivity index is 1.53. The molecule has 0 unspecified atom stereocenters. The molecule has 0 spiro atoms. The minimum absolute atomic E-state index is 0.184. The molecule has 3 heterocycles. The van der Waals surface area contributed by atoms with Gasteiger partial charge in [0.1, 0.15) is 17.3 Å². The Morgan fingerprint density at radius 1 is 1.00 bits per heavy atom. The second-order valence-electron chi connectivity index (χ2n) is 7.56. The number of nitrogens with one attached hydrogen (secondary N) is 1. The Labute approximate surface area is 177 Å². The van der Waals surface area contributed by atoms with E-state index >= 15 is 0 Å². The number of ketones is 1. The summed E-state index contributed by atoms with van der Waals surface area (Å²) >= 11 is 0. The summed E-state index contributed by atoms with van der Waals surface area (Å²) in [5, 5.41) is 3.39. The highest BCUT2D eigenvalue weighted by Gasteiger charge is 2.18. The van der Waals surface area contributed by atoms with Gasteiger partial charge in [0.05, 0.1) is 5.56 Å². The summed E-state index contributed by atoms with van der Waals surface area (Å²) in [7, 11) is 0. The molecule has 1 aliphatic rings. The Bertz CT molecular complexity index is 997. The van der Waals surface area contributed by atoms with Crippen LogP contribution in [0, 0.1) is 0 Å². The van der Waals surface area contributed by atoms with Crippen LogP contribution in [0.1, 0.15) is 33.6 Å². The van der Waals surface area contributed by atoms with E-state index in [9.17, 15) is 4.79 Å². The quantitative estimate of drug-likeness (QED) is 0.618. The first-order valence-electron chi connectivity index (χ1n) is 10.5. The number of nitrogens with two attached hydrogens (primary N) is 1. The van der Waals surface area contributed by atoms with E-state index in [-0.39, 0.29) is 11.6 Å². The number of pyridine rings is 2. The van der Waals surface area contributed by atoms with Crippen LogP contribution < -0.4 is 16.0 Å². The van der Waals surface area contributed by atoms with Crippen molar-refractivity contribution in [2.45, 2.75) is 19.3 Å². The highest BCUT2D eigenvalue weighted by molar-refractivity contribution is 6.10. The van der Waals surface area contributed by atoms with Gasteiger partial charge in [-0.1, -0.05) is 36.4 Å². The molecule has 6 nitrogen and oxygen atoms in total. The van der Waals surface area contributed by atoms with Crippen molar-refractivity contribution in [1.82, 2.24) is 15.3 Å². The first kappa shape index (κ1) is 20.0. The Kier molecular flexibility index (Phi) is 6.35. The molecule has 2 aromatic heterocycles. The van der Waals surface area contributed by atoms with Crippen molar-refractivity contribution in [3.05, 3.63) is 83.2 Å². The lowest BCUT2D eigenvalue weighted by Crippen LogP contribution is -2.29. The van der Waals surface area contributed by atoms with Gasteiger partial charge in [-0.25, -0.2) is 9.97 Å². The van der Waals surface area contributed by atoms with Gasteiger partial charge in [0, 0.05) is 25.8 Å². The third kappa shape index (κ3) is 4.83. The highest BCUT2D eigenvalue weighted by Crippen LogP contribution is 2.19. The van der Waals surface area contributed by atoms with Crippen LogP contribution >= 0.6 is 0 Å². The smallest absolute Gasteiger partial charge is 0.215 e. The van der Waals surface area contributed by atoms with Gasteiger partial charge in [-0.3, -0.25) is 4.79 Å². The second kappa shape index (κ2) is 9.50. The molecular weight excluding hydrogens is 374 g/mol.